The second-order valence-corrected chi connectivity index (χ2v) is 6.65. The van der Waals surface area contributed by atoms with Gasteiger partial charge in [-0.2, -0.15) is 5.10 Å². The van der Waals surface area contributed by atoms with Crippen molar-refractivity contribution in [2.24, 2.45) is 0 Å². The molecule has 0 aliphatic carbocycles. The van der Waals surface area contributed by atoms with Crippen LogP contribution in [0.25, 0.3) is 5.82 Å². The van der Waals surface area contributed by atoms with Crippen LogP contribution < -0.4 is 4.74 Å². The van der Waals surface area contributed by atoms with Crippen molar-refractivity contribution in [3.63, 3.8) is 0 Å². The van der Waals surface area contributed by atoms with Crippen molar-refractivity contribution >= 4 is 11.9 Å². The van der Waals surface area contributed by atoms with E-state index >= 15 is 0 Å². The highest BCUT2D eigenvalue weighted by atomic mass is 16.5. The summed E-state index contributed by atoms with van der Waals surface area (Å²) in [6.45, 7) is 4.33. The van der Waals surface area contributed by atoms with Gasteiger partial charge in [0.15, 0.2) is 12.4 Å². The number of carbonyl (C=O) groups is 2. The van der Waals surface area contributed by atoms with E-state index in [-0.39, 0.29) is 12.5 Å². The number of hydrogen-bond acceptors (Lipinski definition) is 6. The van der Waals surface area contributed by atoms with E-state index in [2.05, 4.69) is 10.1 Å². The van der Waals surface area contributed by atoms with E-state index in [1.54, 1.807) is 37.0 Å². The summed E-state index contributed by atoms with van der Waals surface area (Å²) >= 11 is 0. The lowest BCUT2D eigenvalue weighted by Gasteiger charge is -2.17. The Kier molecular flexibility index (Phi) is 6.79. The molecule has 0 atom stereocenters. The van der Waals surface area contributed by atoms with E-state index in [4.69, 9.17) is 9.47 Å². The van der Waals surface area contributed by atoms with Gasteiger partial charge in [-0.15, -0.1) is 0 Å². The van der Waals surface area contributed by atoms with E-state index in [0.29, 0.717) is 30.2 Å². The zero-order valence-corrected chi connectivity index (χ0v) is 17.2. The summed E-state index contributed by atoms with van der Waals surface area (Å²) in [6, 6.07) is 12.9. The Balaban J connectivity index is 1.55. The van der Waals surface area contributed by atoms with Gasteiger partial charge < -0.3 is 14.4 Å². The molecule has 0 N–H and O–H groups in total. The molecule has 0 saturated heterocycles. The third-order valence-corrected chi connectivity index (χ3v) is 4.50. The first-order valence-electron chi connectivity index (χ1n) is 9.58. The molecule has 2 heterocycles. The molecule has 0 saturated carbocycles. The number of hydrogen-bond donors (Lipinski definition) is 0. The Hall–Kier alpha value is -3.68. The Bertz CT molecular complexity index is 1000. The first-order chi connectivity index (χ1) is 14.5. The molecule has 156 valence electrons. The Morgan fingerprint density at radius 1 is 1.13 bits per heavy atom. The second-order valence-electron chi connectivity index (χ2n) is 6.65. The van der Waals surface area contributed by atoms with Crippen molar-refractivity contribution in [2.45, 2.75) is 20.4 Å². The van der Waals surface area contributed by atoms with Gasteiger partial charge in [0.2, 0.25) is 0 Å². The van der Waals surface area contributed by atoms with Gasteiger partial charge in [-0.25, -0.2) is 14.5 Å². The second kappa shape index (κ2) is 9.69. The van der Waals surface area contributed by atoms with Gasteiger partial charge in [-0.1, -0.05) is 18.2 Å². The SMILES string of the molecule is CCOc1ccc(CN(C)C(=O)COC(=O)c2cnn(-c3ccccn3)c2C)cc1. The normalized spacial score (nSPS) is 10.5. The summed E-state index contributed by atoms with van der Waals surface area (Å²) in [5.41, 5.74) is 1.84. The average molecular weight is 408 g/mol. The predicted molar refractivity (Wildman–Crippen MR) is 110 cm³/mol. The van der Waals surface area contributed by atoms with Crippen molar-refractivity contribution in [1.82, 2.24) is 19.7 Å². The number of carbonyl (C=O) groups excluding carboxylic acids is 2. The zero-order chi connectivity index (χ0) is 21.5. The topological polar surface area (TPSA) is 86.5 Å². The minimum Gasteiger partial charge on any atom is -0.494 e. The lowest BCUT2D eigenvalue weighted by Crippen LogP contribution is -2.30. The van der Waals surface area contributed by atoms with E-state index < -0.39 is 5.97 Å². The standard InChI is InChI=1S/C22H24N4O4/c1-4-29-18-10-8-17(9-11-18)14-25(3)21(27)15-30-22(28)19-13-24-26(16(19)2)20-7-5-6-12-23-20/h5-13H,4,14-15H2,1-3H3. The molecular weight excluding hydrogens is 384 g/mol. The van der Waals surface area contributed by atoms with Crippen LogP contribution in [-0.2, 0) is 16.1 Å². The largest absolute Gasteiger partial charge is 0.494 e. The number of likely N-dealkylation sites (N-methyl/N-ethyl adjacent to an activating group) is 1. The molecule has 3 aromatic rings. The minimum absolute atomic E-state index is 0.294. The van der Waals surface area contributed by atoms with Gasteiger partial charge in [0.25, 0.3) is 5.91 Å². The van der Waals surface area contributed by atoms with Crippen LogP contribution in [0.3, 0.4) is 0 Å². The van der Waals surface area contributed by atoms with Gasteiger partial charge in [-0.3, -0.25) is 4.79 Å². The monoisotopic (exact) mass is 408 g/mol. The van der Waals surface area contributed by atoms with Gasteiger partial charge in [0, 0.05) is 19.8 Å². The van der Waals surface area contributed by atoms with Crippen molar-refractivity contribution < 1.29 is 19.1 Å². The summed E-state index contributed by atoms with van der Waals surface area (Å²) in [5, 5.41) is 4.19. The van der Waals surface area contributed by atoms with Crippen molar-refractivity contribution in [3.8, 4) is 11.6 Å². The molecule has 1 amide bonds. The van der Waals surface area contributed by atoms with Crippen LogP contribution in [0, 0.1) is 6.92 Å². The molecule has 0 bridgehead atoms. The molecular formula is C22H24N4O4. The van der Waals surface area contributed by atoms with Crippen LogP contribution in [0.5, 0.6) is 5.75 Å². The first-order valence-corrected chi connectivity index (χ1v) is 9.58. The fourth-order valence-electron chi connectivity index (χ4n) is 2.86. The van der Waals surface area contributed by atoms with E-state index in [0.717, 1.165) is 11.3 Å². The smallest absolute Gasteiger partial charge is 0.342 e. The molecule has 0 aliphatic heterocycles. The van der Waals surface area contributed by atoms with Gasteiger partial charge in [0.1, 0.15) is 11.3 Å². The molecule has 0 unspecified atom stereocenters. The van der Waals surface area contributed by atoms with Crippen LogP contribution in [0.15, 0.2) is 54.9 Å². The molecule has 2 aromatic heterocycles. The van der Waals surface area contributed by atoms with Crippen molar-refractivity contribution in [2.75, 3.05) is 20.3 Å². The fraction of sp³-hybridized carbons (Fsp3) is 0.273. The quantitative estimate of drug-likeness (QED) is 0.533. The maximum atomic E-state index is 12.4. The Morgan fingerprint density at radius 3 is 2.57 bits per heavy atom. The molecule has 30 heavy (non-hydrogen) atoms. The molecule has 8 heteroatoms. The van der Waals surface area contributed by atoms with Crippen molar-refractivity contribution in [1.29, 1.82) is 0 Å². The number of amides is 1. The molecule has 0 radical (unpaired) electrons. The van der Waals surface area contributed by atoms with E-state index in [1.807, 2.05) is 37.3 Å². The fourth-order valence-corrected chi connectivity index (χ4v) is 2.86. The van der Waals surface area contributed by atoms with E-state index in [1.165, 1.54) is 11.1 Å². The Labute approximate surface area is 175 Å². The Morgan fingerprint density at radius 2 is 1.90 bits per heavy atom. The first kappa shape index (κ1) is 21.0. The van der Waals surface area contributed by atoms with E-state index in [9.17, 15) is 9.59 Å². The number of pyridine rings is 1. The lowest BCUT2D eigenvalue weighted by atomic mass is 10.2. The highest BCUT2D eigenvalue weighted by Gasteiger charge is 2.19. The third-order valence-electron chi connectivity index (χ3n) is 4.50. The maximum Gasteiger partial charge on any atom is 0.342 e. The minimum atomic E-state index is -0.600. The van der Waals surface area contributed by atoms with Crippen molar-refractivity contribution in [3.05, 3.63) is 71.7 Å². The highest BCUT2D eigenvalue weighted by Crippen LogP contribution is 2.15. The van der Waals surface area contributed by atoms with Gasteiger partial charge in [0.05, 0.1) is 18.5 Å². The number of nitrogens with zero attached hydrogens (tertiary/aromatic N) is 4. The predicted octanol–water partition coefficient (Wildman–Crippen LogP) is 2.79. The molecule has 1 aromatic carbocycles. The van der Waals surface area contributed by atoms with Crippen LogP contribution in [-0.4, -0.2) is 51.8 Å². The number of esters is 1. The van der Waals surface area contributed by atoms with Crippen LogP contribution in [0.1, 0.15) is 28.5 Å². The van der Waals surface area contributed by atoms with Crippen LogP contribution >= 0.6 is 0 Å². The lowest BCUT2D eigenvalue weighted by molar-refractivity contribution is -0.133. The summed E-state index contributed by atoms with van der Waals surface area (Å²) in [6.07, 6.45) is 3.06. The van der Waals surface area contributed by atoms with Gasteiger partial charge in [-0.05, 0) is 43.7 Å². The number of ether oxygens (including phenoxy) is 2. The maximum absolute atomic E-state index is 12.4. The average Bonchev–Trinajstić information content (AvgIpc) is 3.15. The molecule has 0 spiro atoms. The highest BCUT2D eigenvalue weighted by molar-refractivity contribution is 5.92. The third kappa shape index (κ3) is 5.02. The van der Waals surface area contributed by atoms with Crippen LogP contribution in [0.4, 0.5) is 0 Å². The molecule has 0 aliphatic rings. The van der Waals surface area contributed by atoms with Gasteiger partial charge >= 0.3 is 5.97 Å². The molecule has 8 nitrogen and oxygen atoms in total. The summed E-state index contributed by atoms with van der Waals surface area (Å²) < 4.78 is 12.2. The zero-order valence-electron chi connectivity index (χ0n) is 17.2. The number of benzene rings is 1. The summed E-state index contributed by atoms with van der Waals surface area (Å²) in [4.78, 5) is 30.5. The number of rotatable bonds is 8. The molecule has 3 rings (SSSR count). The van der Waals surface area contributed by atoms with Crippen LogP contribution in [0.2, 0.25) is 0 Å². The summed E-state index contributed by atoms with van der Waals surface area (Å²) in [7, 11) is 1.66. The number of aromatic nitrogens is 3. The molecule has 0 fully saturated rings. The summed E-state index contributed by atoms with van der Waals surface area (Å²) in [5.74, 6) is 0.482.